The summed E-state index contributed by atoms with van der Waals surface area (Å²) in [6, 6.07) is 12.4. The molecule has 0 aliphatic heterocycles. The van der Waals surface area contributed by atoms with Crippen molar-refractivity contribution < 1.29 is 4.79 Å². The van der Waals surface area contributed by atoms with Crippen LogP contribution in [0.15, 0.2) is 42.6 Å². The molecule has 0 aliphatic rings. The molecule has 0 atom stereocenters. The van der Waals surface area contributed by atoms with Crippen LogP contribution in [0.5, 0.6) is 0 Å². The first kappa shape index (κ1) is 13.5. The molecule has 0 saturated heterocycles. The number of hydrazine groups is 1. The van der Waals surface area contributed by atoms with Crippen molar-refractivity contribution in [2.45, 2.75) is 6.42 Å². The molecule has 1 aromatic heterocycles. The number of amides is 1. The van der Waals surface area contributed by atoms with Crippen molar-refractivity contribution in [3.63, 3.8) is 0 Å². The van der Waals surface area contributed by atoms with Crippen LogP contribution >= 0.6 is 0 Å². The maximum Gasteiger partial charge on any atom is 0.274 e. The van der Waals surface area contributed by atoms with E-state index in [0.29, 0.717) is 17.8 Å². The number of aromatic nitrogens is 1. The zero-order valence-corrected chi connectivity index (χ0v) is 10.6. The number of hydrogen-bond donors (Lipinski definition) is 3. The summed E-state index contributed by atoms with van der Waals surface area (Å²) in [5.41, 5.74) is 4.87. The van der Waals surface area contributed by atoms with E-state index in [-0.39, 0.29) is 11.6 Å². The predicted molar refractivity (Wildman–Crippen MR) is 75.8 cm³/mol. The summed E-state index contributed by atoms with van der Waals surface area (Å²) in [6.45, 7) is 0. The lowest BCUT2D eigenvalue weighted by Gasteiger charge is -2.06. The monoisotopic (exact) mass is 267 g/mol. The van der Waals surface area contributed by atoms with Gasteiger partial charge in [-0.25, -0.2) is 0 Å². The Morgan fingerprint density at radius 1 is 1.25 bits per heavy atom. The molecule has 2 aromatic rings. The van der Waals surface area contributed by atoms with Crippen LogP contribution in [0, 0.1) is 11.3 Å². The predicted octanol–water partition coefficient (Wildman–Crippen LogP) is 1.69. The van der Waals surface area contributed by atoms with E-state index < -0.39 is 0 Å². The Kier molecular flexibility index (Phi) is 4.27. The number of nitriles is 1. The number of nitrogens with two attached hydrogens (primary N) is 1. The molecule has 0 fully saturated rings. The summed E-state index contributed by atoms with van der Waals surface area (Å²) >= 11 is 0. The third-order valence-corrected chi connectivity index (χ3v) is 2.65. The number of pyridine rings is 1. The minimum absolute atomic E-state index is 0.265. The molecule has 1 aromatic carbocycles. The summed E-state index contributed by atoms with van der Waals surface area (Å²) < 4.78 is 0. The SMILES string of the molecule is N#CCc1ccc(NC(=O)c2cc(NN)ccn2)cc1. The Morgan fingerprint density at radius 2 is 2.00 bits per heavy atom. The van der Waals surface area contributed by atoms with Gasteiger partial charge in [0.15, 0.2) is 0 Å². The first-order valence-corrected chi connectivity index (χ1v) is 5.93. The van der Waals surface area contributed by atoms with Crippen molar-refractivity contribution >= 4 is 17.3 Å². The molecule has 1 heterocycles. The van der Waals surface area contributed by atoms with E-state index in [4.69, 9.17) is 11.1 Å². The molecule has 0 radical (unpaired) electrons. The molecule has 6 nitrogen and oxygen atoms in total. The quantitative estimate of drug-likeness (QED) is 0.577. The second-order valence-corrected chi connectivity index (χ2v) is 4.06. The largest absolute Gasteiger partial charge is 0.324 e. The minimum atomic E-state index is -0.324. The molecule has 4 N–H and O–H groups in total. The number of nitrogens with zero attached hydrogens (tertiary/aromatic N) is 2. The average molecular weight is 267 g/mol. The summed E-state index contributed by atoms with van der Waals surface area (Å²) in [5.74, 6) is 4.96. The molecule has 0 saturated carbocycles. The molecular formula is C14H13N5O. The molecular weight excluding hydrogens is 254 g/mol. The number of hydrogen-bond acceptors (Lipinski definition) is 5. The minimum Gasteiger partial charge on any atom is -0.324 e. The average Bonchev–Trinajstić information content (AvgIpc) is 2.49. The highest BCUT2D eigenvalue weighted by Crippen LogP contribution is 2.12. The van der Waals surface area contributed by atoms with Crippen LogP contribution in [0.3, 0.4) is 0 Å². The van der Waals surface area contributed by atoms with E-state index >= 15 is 0 Å². The van der Waals surface area contributed by atoms with Gasteiger partial charge in [-0.2, -0.15) is 5.26 Å². The summed E-state index contributed by atoms with van der Waals surface area (Å²) in [6.07, 6.45) is 1.85. The number of benzene rings is 1. The molecule has 100 valence electrons. The van der Waals surface area contributed by atoms with E-state index in [1.807, 2.05) is 0 Å². The summed E-state index contributed by atoms with van der Waals surface area (Å²) in [4.78, 5) is 16.0. The number of nitrogens with one attached hydrogen (secondary N) is 2. The Labute approximate surface area is 116 Å². The third-order valence-electron chi connectivity index (χ3n) is 2.65. The molecule has 0 aliphatic carbocycles. The van der Waals surface area contributed by atoms with Gasteiger partial charge in [-0.15, -0.1) is 0 Å². The van der Waals surface area contributed by atoms with E-state index in [1.165, 1.54) is 6.20 Å². The fourth-order valence-corrected chi connectivity index (χ4v) is 1.64. The van der Waals surface area contributed by atoms with Crippen LogP contribution in [0.1, 0.15) is 16.1 Å². The molecule has 6 heteroatoms. The molecule has 20 heavy (non-hydrogen) atoms. The number of anilines is 2. The van der Waals surface area contributed by atoms with Crippen LogP contribution in [0.25, 0.3) is 0 Å². The van der Waals surface area contributed by atoms with Gasteiger partial charge in [0.25, 0.3) is 5.91 Å². The number of carbonyl (C=O) groups excluding carboxylic acids is 1. The van der Waals surface area contributed by atoms with Gasteiger partial charge in [0.05, 0.1) is 18.2 Å². The lowest BCUT2D eigenvalue weighted by molar-refractivity contribution is 0.102. The second-order valence-electron chi connectivity index (χ2n) is 4.06. The van der Waals surface area contributed by atoms with Gasteiger partial charge < -0.3 is 10.7 Å². The van der Waals surface area contributed by atoms with Gasteiger partial charge in [0.1, 0.15) is 5.69 Å². The van der Waals surface area contributed by atoms with Crippen molar-refractivity contribution in [2.75, 3.05) is 10.7 Å². The van der Waals surface area contributed by atoms with Crippen molar-refractivity contribution in [3.05, 3.63) is 53.9 Å². The van der Waals surface area contributed by atoms with E-state index in [2.05, 4.69) is 21.8 Å². The lowest BCUT2D eigenvalue weighted by Crippen LogP contribution is -2.15. The first-order chi connectivity index (χ1) is 9.72. The van der Waals surface area contributed by atoms with Crippen LogP contribution in [-0.2, 0) is 6.42 Å². The summed E-state index contributed by atoms with van der Waals surface area (Å²) in [7, 11) is 0. The zero-order chi connectivity index (χ0) is 14.4. The molecule has 0 bridgehead atoms. The Bertz CT molecular complexity index is 645. The van der Waals surface area contributed by atoms with E-state index in [0.717, 1.165) is 5.56 Å². The zero-order valence-electron chi connectivity index (χ0n) is 10.6. The molecule has 1 amide bonds. The Morgan fingerprint density at radius 3 is 2.65 bits per heavy atom. The van der Waals surface area contributed by atoms with Crippen LogP contribution < -0.4 is 16.6 Å². The normalized spacial score (nSPS) is 9.60. The van der Waals surface area contributed by atoms with Gasteiger partial charge >= 0.3 is 0 Å². The fourth-order valence-electron chi connectivity index (χ4n) is 1.64. The van der Waals surface area contributed by atoms with E-state index in [9.17, 15) is 4.79 Å². The molecule has 0 unspecified atom stereocenters. The van der Waals surface area contributed by atoms with Gasteiger partial charge in [-0.05, 0) is 29.8 Å². The standard InChI is InChI=1S/C14H13N5O/c15-7-5-10-1-3-11(4-2-10)18-14(20)13-9-12(19-16)6-8-17-13/h1-4,6,8-9H,5,16H2,(H,17,19)(H,18,20). The van der Waals surface area contributed by atoms with Gasteiger partial charge in [0, 0.05) is 11.9 Å². The third kappa shape index (κ3) is 3.31. The van der Waals surface area contributed by atoms with Gasteiger partial charge in [-0.1, -0.05) is 12.1 Å². The Balaban J connectivity index is 2.09. The maximum absolute atomic E-state index is 12.0. The highest BCUT2D eigenvalue weighted by Gasteiger charge is 2.08. The van der Waals surface area contributed by atoms with Crippen molar-refractivity contribution in [1.82, 2.24) is 4.98 Å². The second kappa shape index (κ2) is 6.31. The van der Waals surface area contributed by atoms with E-state index in [1.54, 1.807) is 36.4 Å². The maximum atomic E-state index is 12.0. The summed E-state index contributed by atoms with van der Waals surface area (Å²) in [5, 5.41) is 11.3. The van der Waals surface area contributed by atoms with Crippen LogP contribution in [-0.4, -0.2) is 10.9 Å². The highest BCUT2D eigenvalue weighted by molar-refractivity contribution is 6.03. The lowest BCUT2D eigenvalue weighted by atomic mass is 10.1. The van der Waals surface area contributed by atoms with Crippen molar-refractivity contribution in [1.29, 1.82) is 5.26 Å². The molecule has 2 rings (SSSR count). The first-order valence-electron chi connectivity index (χ1n) is 5.93. The number of carbonyl (C=O) groups is 1. The van der Waals surface area contributed by atoms with Gasteiger partial charge in [0.2, 0.25) is 0 Å². The number of nitrogen functional groups attached to an aromatic ring is 1. The van der Waals surface area contributed by atoms with Crippen LogP contribution in [0.2, 0.25) is 0 Å². The van der Waals surface area contributed by atoms with Crippen molar-refractivity contribution in [3.8, 4) is 6.07 Å². The number of rotatable bonds is 4. The van der Waals surface area contributed by atoms with Gasteiger partial charge in [-0.3, -0.25) is 15.6 Å². The molecule has 0 spiro atoms. The topological polar surface area (TPSA) is 104 Å². The van der Waals surface area contributed by atoms with Crippen molar-refractivity contribution in [2.24, 2.45) is 5.84 Å². The smallest absolute Gasteiger partial charge is 0.274 e. The van der Waals surface area contributed by atoms with Crippen LogP contribution in [0.4, 0.5) is 11.4 Å². The fraction of sp³-hybridized carbons (Fsp3) is 0.0714. The Hall–Kier alpha value is -2.91. The highest BCUT2D eigenvalue weighted by atomic mass is 16.1.